The SMILES string of the molecule is Cc1cccc(C=Cc2cccc(NCC3CCCCC3)c2)n1. The molecule has 1 saturated carbocycles. The molecule has 1 heterocycles. The number of anilines is 1. The van der Waals surface area contributed by atoms with Gasteiger partial charge in [-0.1, -0.05) is 43.5 Å². The predicted molar refractivity (Wildman–Crippen MR) is 99.4 cm³/mol. The topological polar surface area (TPSA) is 24.9 Å². The molecule has 0 unspecified atom stereocenters. The van der Waals surface area contributed by atoms with E-state index in [4.69, 9.17) is 0 Å². The Labute approximate surface area is 139 Å². The normalized spacial score (nSPS) is 15.9. The number of hydrogen-bond acceptors (Lipinski definition) is 2. The molecule has 0 amide bonds. The standard InChI is InChI=1S/C21H26N2/c1-17-7-5-11-20(23-17)14-13-18-10-6-12-21(15-18)22-16-19-8-3-2-4-9-19/h5-7,10-15,19,22H,2-4,8-9,16H2,1H3. The highest BCUT2D eigenvalue weighted by atomic mass is 14.9. The fraction of sp³-hybridized carbons (Fsp3) is 0.381. The highest BCUT2D eigenvalue weighted by molar-refractivity contribution is 5.70. The highest BCUT2D eigenvalue weighted by Gasteiger charge is 2.12. The molecule has 1 aliphatic carbocycles. The summed E-state index contributed by atoms with van der Waals surface area (Å²) in [6.45, 7) is 3.12. The van der Waals surface area contributed by atoms with Crippen LogP contribution in [0.2, 0.25) is 0 Å². The molecule has 2 aromatic rings. The molecule has 23 heavy (non-hydrogen) atoms. The zero-order valence-corrected chi connectivity index (χ0v) is 14.0. The van der Waals surface area contributed by atoms with Crippen LogP contribution in [-0.2, 0) is 0 Å². The minimum atomic E-state index is 0.847. The maximum Gasteiger partial charge on any atom is 0.0633 e. The monoisotopic (exact) mass is 306 g/mol. The van der Waals surface area contributed by atoms with E-state index in [-0.39, 0.29) is 0 Å². The number of aromatic nitrogens is 1. The molecule has 1 aromatic heterocycles. The van der Waals surface area contributed by atoms with Crippen molar-refractivity contribution in [2.45, 2.75) is 39.0 Å². The Bertz CT molecular complexity index is 654. The van der Waals surface area contributed by atoms with Crippen molar-refractivity contribution >= 4 is 17.8 Å². The van der Waals surface area contributed by atoms with Crippen molar-refractivity contribution in [3.63, 3.8) is 0 Å². The number of aryl methyl sites for hydroxylation is 1. The van der Waals surface area contributed by atoms with Crippen molar-refractivity contribution in [3.8, 4) is 0 Å². The van der Waals surface area contributed by atoms with Crippen LogP contribution in [0.1, 0.15) is 49.1 Å². The van der Waals surface area contributed by atoms with E-state index in [0.717, 1.165) is 23.9 Å². The lowest BCUT2D eigenvalue weighted by molar-refractivity contribution is 0.373. The fourth-order valence-electron chi connectivity index (χ4n) is 3.24. The van der Waals surface area contributed by atoms with Crippen LogP contribution in [0.15, 0.2) is 42.5 Å². The van der Waals surface area contributed by atoms with E-state index in [9.17, 15) is 0 Å². The van der Waals surface area contributed by atoms with Gasteiger partial charge in [-0.3, -0.25) is 4.98 Å². The zero-order chi connectivity index (χ0) is 15.9. The molecule has 2 nitrogen and oxygen atoms in total. The summed E-state index contributed by atoms with van der Waals surface area (Å²) < 4.78 is 0. The van der Waals surface area contributed by atoms with Crippen LogP contribution >= 0.6 is 0 Å². The quantitative estimate of drug-likeness (QED) is 0.783. The molecular formula is C21H26N2. The second kappa shape index (κ2) is 7.96. The van der Waals surface area contributed by atoms with Crippen molar-refractivity contribution in [2.75, 3.05) is 11.9 Å². The van der Waals surface area contributed by atoms with Gasteiger partial charge < -0.3 is 5.32 Å². The molecule has 1 aromatic carbocycles. The van der Waals surface area contributed by atoms with Gasteiger partial charge in [-0.05, 0) is 61.6 Å². The van der Waals surface area contributed by atoms with Crippen LogP contribution in [0.4, 0.5) is 5.69 Å². The lowest BCUT2D eigenvalue weighted by Crippen LogP contribution is -2.17. The first-order chi connectivity index (χ1) is 11.3. The summed E-state index contributed by atoms with van der Waals surface area (Å²) in [5.74, 6) is 0.847. The van der Waals surface area contributed by atoms with E-state index >= 15 is 0 Å². The van der Waals surface area contributed by atoms with E-state index < -0.39 is 0 Å². The van der Waals surface area contributed by atoms with Crippen LogP contribution < -0.4 is 5.32 Å². The fourth-order valence-corrected chi connectivity index (χ4v) is 3.24. The molecule has 0 radical (unpaired) electrons. The molecule has 0 spiro atoms. The molecule has 0 saturated heterocycles. The number of pyridine rings is 1. The third-order valence-corrected chi connectivity index (χ3v) is 4.56. The van der Waals surface area contributed by atoms with Crippen molar-refractivity contribution in [1.29, 1.82) is 0 Å². The van der Waals surface area contributed by atoms with E-state index in [1.807, 2.05) is 25.1 Å². The Morgan fingerprint density at radius 3 is 2.70 bits per heavy atom. The first-order valence-electron chi connectivity index (χ1n) is 8.75. The number of benzene rings is 1. The van der Waals surface area contributed by atoms with Gasteiger partial charge in [0.2, 0.25) is 0 Å². The lowest BCUT2D eigenvalue weighted by atomic mass is 9.89. The average Bonchev–Trinajstić information content (AvgIpc) is 2.60. The molecule has 1 N–H and O–H groups in total. The predicted octanol–water partition coefficient (Wildman–Crippen LogP) is 5.55. The molecule has 2 heteroatoms. The molecule has 0 aliphatic heterocycles. The molecule has 1 fully saturated rings. The summed E-state index contributed by atoms with van der Waals surface area (Å²) in [6, 6.07) is 14.7. The minimum absolute atomic E-state index is 0.847. The number of nitrogens with one attached hydrogen (secondary N) is 1. The van der Waals surface area contributed by atoms with Crippen molar-refractivity contribution in [1.82, 2.24) is 4.98 Å². The van der Waals surface area contributed by atoms with Crippen molar-refractivity contribution in [3.05, 3.63) is 59.4 Å². The molecular weight excluding hydrogens is 280 g/mol. The Hall–Kier alpha value is -2.09. The second-order valence-electron chi connectivity index (χ2n) is 6.55. The van der Waals surface area contributed by atoms with Crippen molar-refractivity contribution in [2.24, 2.45) is 5.92 Å². The summed E-state index contributed by atoms with van der Waals surface area (Å²) in [7, 11) is 0. The minimum Gasteiger partial charge on any atom is -0.385 e. The number of rotatable bonds is 5. The van der Waals surface area contributed by atoms with Gasteiger partial charge in [0.1, 0.15) is 0 Å². The van der Waals surface area contributed by atoms with Crippen LogP contribution in [-0.4, -0.2) is 11.5 Å². The Kier molecular flexibility index (Phi) is 5.46. The lowest BCUT2D eigenvalue weighted by Gasteiger charge is -2.22. The van der Waals surface area contributed by atoms with Gasteiger partial charge in [0.25, 0.3) is 0 Å². The summed E-state index contributed by atoms with van der Waals surface area (Å²) in [5, 5.41) is 3.61. The van der Waals surface area contributed by atoms with E-state index in [1.54, 1.807) is 0 Å². The van der Waals surface area contributed by atoms with Gasteiger partial charge in [0.15, 0.2) is 0 Å². The molecule has 0 atom stereocenters. The summed E-state index contributed by atoms with van der Waals surface area (Å²) >= 11 is 0. The van der Waals surface area contributed by atoms with Gasteiger partial charge in [-0.25, -0.2) is 0 Å². The summed E-state index contributed by atoms with van der Waals surface area (Å²) in [6.07, 6.45) is 11.2. The first-order valence-corrected chi connectivity index (χ1v) is 8.75. The van der Waals surface area contributed by atoms with Gasteiger partial charge >= 0.3 is 0 Å². The third-order valence-electron chi connectivity index (χ3n) is 4.56. The maximum atomic E-state index is 4.51. The van der Waals surface area contributed by atoms with E-state index in [1.165, 1.54) is 43.4 Å². The third kappa shape index (κ3) is 4.95. The first kappa shape index (κ1) is 15.8. The van der Waals surface area contributed by atoms with E-state index in [2.05, 4.69) is 46.7 Å². The Morgan fingerprint density at radius 1 is 1.04 bits per heavy atom. The number of nitrogens with zero attached hydrogens (tertiary/aromatic N) is 1. The van der Waals surface area contributed by atoms with Crippen LogP contribution in [0.5, 0.6) is 0 Å². The highest BCUT2D eigenvalue weighted by Crippen LogP contribution is 2.24. The van der Waals surface area contributed by atoms with Crippen molar-refractivity contribution < 1.29 is 0 Å². The summed E-state index contributed by atoms with van der Waals surface area (Å²) in [5.41, 5.74) is 4.48. The Morgan fingerprint density at radius 2 is 1.87 bits per heavy atom. The van der Waals surface area contributed by atoms with Crippen LogP contribution in [0.3, 0.4) is 0 Å². The molecule has 120 valence electrons. The Balaban J connectivity index is 1.60. The van der Waals surface area contributed by atoms with Crippen LogP contribution in [0, 0.1) is 12.8 Å². The van der Waals surface area contributed by atoms with Gasteiger partial charge in [0.05, 0.1) is 5.69 Å². The average molecular weight is 306 g/mol. The largest absolute Gasteiger partial charge is 0.385 e. The second-order valence-corrected chi connectivity index (χ2v) is 6.55. The maximum absolute atomic E-state index is 4.51. The number of hydrogen-bond donors (Lipinski definition) is 1. The van der Waals surface area contributed by atoms with Gasteiger partial charge in [-0.15, -0.1) is 0 Å². The molecule has 3 rings (SSSR count). The smallest absolute Gasteiger partial charge is 0.0633 e. The summed E-state index contributed by atoms with van der Waals surface area (Å²) in [4.78, 5) is 4.51. The molecule has 1 aliphatic rings. The molecule has 0 bridgehead atoms. The zero-order valence-electron chi connectivity index (χ0n) is 14.0. The van der Waals surface area contributed by atoms with Crippen LogP contribution in [0.25, 0.3) is 12.2 Å². The van der Waals surface area contributed by atoms with E-state index in [0.29, 0.717) is 0 Å². The van der Waals surface area contributed by atoms with Gasteiger partial charge in [0, 0.05) is 17.9 Å². The van der Waals surface area contributed by atoms with Gasteiger partial charge in [-0.2, -0.15) is 0 Å².